The summed E-state index contributed by atoms with van der Waals surface area (Å²) in [6.45, 7) is 1.75. The maximum atomic E-state index is 14.0. The minimum atomic E-state index is -0.683. The van der Waals surface area contributed by atoms with Crippen molar-refractivity contribution in [1.29, 1.82) is 0 Å². The average Bonchev–Trinajstić information content (AvgIpc) is 2.85. The average molecular weight is 278 g/mol. The van der Waals surface area contributed by atoms with Crippen molar-refractivity contribution in [2.45, 2.75) is 13.0 Å². The molecule has 0 fully saturated rings. The van der Waals surface area contributed by atoms with Gasteiger partial charge in [0.25, 0.3) is 5.91 Å². The van der Waals surface area contributed by atoms with E-state index in [1.165, 1.54) is 25.6 Å². The number of nitrogens with one attached hydrogen (secondary N) is 1. The van der Waals surface area contributed by atoms with E-state index in [9.17, 15) is 9.18 Å². The number of aromatic nitrogens is 3. The van der Waals surface area contributed by atoms with Gasteiger partial charge in [-0.25, -0.2) is 9.37 Å². The number of amides is 1. The quantitative estimate of drug-likeness (QED) is 0.919. The summed E-state index contributed by atoms with van der Waals surface area (Å²) < 4.78 is 20.4. The molecule has 0 unspecified atom stereocenters. The Morgan fingerprint density at radius 2 is 2.25 bits per heavy atom. The van der Waals surface area contributed by atoms with Gasteiger partial charge in [-0.05, 0) is 19.1 Å². The highest BCUT2D eigenvalue weighted by atomic mass is 19.1. The van der Waals surface area contributed by atoms with Crippen molar-refractivity contribution in [2.24, 2.45) is 7.05 Å². The summed E-state index contributed by atoms with van der Waals surface area (Å²) in [5.41, 5.74) is -0.0710. The Morgan fingerprint density at radius 1 is 1.50 bits per heavy atom. The van der Waals surface area contributed by atoms with Crippen LogP contribution in [0.15, 0.2) is 24.5 Å². The first-order chi connectivity index (χ1) is 9.54. The summed E-state index contributed by atoms with van der Waals surface area (Å²) in [6, 6.07) is 4.03. The number of hydrogen-bond acceptors (Lipinski definition) is 4. The number of ether oxygens (including phenoxy) is 1. The molecule has 0 saturated carbocycles. The topological polar surface area (TPSA) is 69.0 Å². The van der Waals surface area contributed by atoms with Crippen LogP contribution in [0.25, 0.3) is 0 Å². The third-order valence-electron chi connectivity index (χ3n) is 2.91. The maximum absolute atomic E-state index is 14.0. The van der Waals surface area contributed by atoms with Crippen molar-refractivity contribution in [3.05, 3.63) is 41.7 Å². The molecule has 2 rings (SSSR count). The predicted molar refractivity (Wildman–Crippen MR) is 69.8 cm³/mol. The predicted octanol–water partition coefficient (Wildman–Crippen LogP) is 1.45. The molecular weight excluding hydrogens is 263 g/mol. The molecule has 0 aliphatic heterocycles. The fourth-order valence-corrected chi connectivity index (χ4v) is 1.88. The van der Waals surface area contributed by atoms with Gasteiger partial charge in [0, 0.05) is 7.05 Å². The van der Waals surface area contributed by atoms with Crippen LogP contribution in [0, 0.1) is 5.82 Å². The van der Waals surface area contributed by atoms with Crippen LogP contribution in [-0.2, 0) is 7.05 Å². The van der Waals surface area contributed by atoms with Crippen molar-refractivity contribution in [3.63, 3.8) is 0 Å². The van der Waals surface area contributed by atoms with Crippen molar-refractivity contribution in [2.75, 3.05) is 7.11 Å². The van der Waals surface area contributed by atoms with Gasteiger partial charge in [0.15, 0.2) is 11.6 Å². The maximum Gasteiger partial charge on any atom is 0.254 e. The van der Waals surface area contributed by atoms with E-state index in [4.69, 9.17) is 4.74 Å². The van der Waals surface area contributed by atoms with Crippen molar-refractivity contribution < 1.29 is 13.9 Å². The molecule has 1 amide bonds. The Hall–Kier alpha value is -2.44. The molecule has 2 aromatic rings. The number of nitrogens with zero attached hydrogens (tertiary/aromatic N) is 3. The lowest BCUT2D eigenvalue weighted by Crippen LogP contribution is -2.29. The van der Waals surface area contributed by atoms with E-state index in [-0.39, 0.29) is 17.4 Å². The van der Waals surface area contributed by atoms with Crippen molar-refractivity contribution >= 4 is 5.91 Å². The second-order valence-electron chi connectivity index (χ2n) is 4.26. The molecule has 1 aromatic carbocycles. The number of rotatable bonds is 4. The van der Waals surface area contributed by atoms with Gasteiger partial charge in [-0.2, -0.15) is 5.10 Å². The molecule has 0 saturated heterocycles. The minimum absolute atomic E-state index is 0.0314. The fraction of sp³-hybridized carbons (Fsp3) is 0.308. The smallest absolute Gasteiger partial charge is 0.254 e. The van der Waals surface area contributed by atoms with Gasteiger partial charge >= 0.3 is 0 Å². The molecule has 1 aromatic heterocycles. The Balaban J connectivity index is 2.19. The lowest BCUT2D eigenvalue weighted by atomic mass is 10.1. The van der Waals surface area contributed by atoms with Crippen LogP contribution in [0.4, 0.5) is 4.39 Å². The van der Waals surface area contributed by atoms with Crippen LogP contribution in [0.3, 0.4) is 0 Å². The molecule has 106 valence electrons. The van der Waals surface area contributed by atoms with Gasteiger partial charge in [0.2, 0.25) is 0 Å². The number of methoxy groups -OCH3 is 1. The third-order valence-corrected chi connectivity index (χ3v) is 2.91. The van der Waals surface area contributed by atoms with E-state index < -0.39 is 11.7 Å². The summed E-state index contributed by atoms with van der Waals surface area (Å²) in [6.07, 6.45) is 1.39. The van der Waals surface area contributed by atoms with E-state index in [0.29, 0.717) is 5.82 Å². The van der Waals surface area contributed by atoms with Gasteiger partial charge in [-0.3, -0.25) is 9.48 Å². The van der Waals surface area contributed by atoms with Crippen LogP contribution in [0.1, 0.15) is 29.1 Å². The summed E-state index contributed by atoms with van der Waals surface area (Å²) in [7, 11) is 3.07. The number of carbonyl (C=O) groups is 1. The molecule has 7 heteroatoms. The first kappa shape index (κ1) is 14.0. The van der Waals surface area contributed by atoms with E-state index in [0.717, 1.165) is 0 Å². The number of aryl methyl sites for hydroxylation is 1. The second-order valence-corrected chi connectivity index (χ2v) is 4.26. The SMILES string of the molecule is COc1cccc(C(=O)N[C@H](C)c2ncnn2C)c1F. The highest BCUT2D eigenvalue weighted by Gasteiger charge is 2.19. The van der Waals surface area contributed by atoms with Crippen LogP contribution in [0.2, 0.25) is 0 Å². The first-order valence-corrected chi connectivity index (χ1v) is 6.02. The van der Waals surface area contributed by atoms with E-state index in [2.05, 4.69) is 15.4 Å². The zero-order valence-corrected chi connectivity index (χ0v) is 11.4. The van der Waals surface area contributed by atoms with Crippen LogP contribution < -0.4 is 10.1 Å². The molecule has 0 aliphatic carbocycles. The Morgan fingerprint density at radius 3 is 2.85 bits per heavy atom. The molecule has 0 aliphatic rings. The standard InChI is InChI=1S/C13H15FN4O2/c1-8(12-15-7-16-18(12)2)17-13(19)9-5-4-6-10(20-3)11(9)14/h4-8H,1-3H3,(H,17,19)/t8-/m1/s1. The lowest BCUT2D eigenvalue weighted by Gasteiger charge is -2.14. The number of carbonyl (C=O) groups excluding carboxylic acids is 1. The van der Waals surface area contributed by atoms with E-state index in [1.54, 1.807) is 24.7 Å². The van der Waals surface area contributed by atoms with Gasteiger partial charge in [0.05, 0.1) is 18.7 Å². The van der Waals surface area contributed by atoms with Crippen LogP contribution >= 0.6 is 0 Å². The summed E-state index contributed by atoms with van der Waals surface area (Å²) >= 11 is 0. The second kappa shape index (κ2) is 5.68. The molecule has 1 N–H and O–H groups in total. The van der Waals surface area contributed by atoms with Gasteiger partial charge in [-0.15, -0.1) is 0 Å². The Kier molecular flexibility index (Phi) is 3.97. The normalized spacial score (nSPS) is 12.0. The molecule has 0 radical (unpaired) electrons. The van der Waals surface area contributed by atoms with Gasteiger partial charge in [-0.1, -0.05) is 6.07 Å². The number of hydrogen-bond donors (Lipinski definition) is 1. The number of halogens is 1. The molecule has 20 heavy (non-hydrogen) atoms. The summed E-state index contributed by atoms with van der Waals surface area (Å²) in [4.78, 5) is 16.1. The van der Waals surface area contributed by atoms with Crippen LogP contribution in [0.5, 0.6) is 5.75 Å². The third kappa shape index (κ3) is 2.61. The molecule has 0 bridgehead atoms. The molecule has 6 nitrogen and oxygen atoms in total. The number of benzene rings is 1. The molecule has 1 atom stereocenters. The van der Waals surface area contributed by atoms with E-state index >= 15 is 0 Å². The first-order valence-electron chi connectivity index (χ1n) is 6.02. The van der Waals surface area contributed by atoms with Gasteiger partial charge in [0.1, 0.15) is 12.2 Å². The largest absolute Gasteiger partial charge is 0.494 e. The van der Waals surface area contributed by atoms with Crippen molar-refractivity contribution in [3.8, 4) is 5.75 Å². The highest BCUT2D eigenvalue weighted by molar-refractivity contribution is 5.95. The monoisotopic (exact) mass is 278 g/mol. The highest BCUT2D eigenvalue weighted by Crippen LogP contribution is 2.20. The van der Waals surface area contributed by atoms with Crippen LogP contribution in [-0.4, -0.2) is 27.8 Å². The zero-order chi connectivity index (χ0) is 14.7. The van der Waals surface area contributed by atoms with E-state index in [1.807, 2.05) is 0 Å². The molecule has 1 heterocycles. The molecular formula is C13H15FN4O2. The van der Waals surface area contributed by atoms with Gasteiger partial charge < -0.3 is 10.1 Å². The fourth-order valence-electron chi connectivity index (χ4n) is 1.88. The molecule has 0 spiro atoms. The summed E-state index contributed by atoms with van der Waals surface area (Å²) in [5.74, 6) is -0.597. The van der Waals surface area contributed by atoms with Crippen molar-refractivity contribution in [1.82, 2.24) is 20.1 Å². The zero-order valence-electron chi connectivity index (χ0n) is 11.4. The Bertz CT molecular complexity index is 627. The lowest BCUT2D eigenvalue weighted by molar-refractivity contribution is 0.0933. The summed E-state index contributed by atoms with van der Waals surface area (Å²) in [5, 5.41) is 6.60. The minimum Gasteiger partial charge on any atom is -0.494 e. The Labute approximate surface area is 115 Å².